The fraction of sp³-hybridized carbons (Fsp3) is 0.300. The Balaban J connectivity index is 1.69. The Hall–Kier alpha value is -2.99. The van der Waals surface area contributed by atoms with E-state index in [1.54, 1.807) is 12.1 Å². The molecule has 1 fully saturated rings. The molecular weight excluding hydrogens is 426 g/mol. The Labute approximate surface area is 179 Å². The van der Waals surface area contributed by atoms with Gasteiger partial charge >= 0.3 is 0 Å². The van der Waals surface area contributed by atoms with Crippen LogP contribution in [0.5, 0.6) is 11.5 Å². The molecule has 166 valence electrons. The van der Waals surface area contributed by atoms with E-state index in [0.717, 1.165) is 0 Å². The van der Waals surface area contributed by atoms with Gasteiger partial charge in [-0.1, -0.05) is 18.2 Å². The van der Waals surface area contributed by atoms with Crippen molar-refractivity contribution in [1.29, 1.82) is 0 Å². The number of rotatable bonds is 8. The molecule has 10 nitrogen and oxygen atoms in total. The van der Waals surface area contributed by atoms with E-state index >= 15 is 0 Å². The van der Waals surface area contributed by atoms with E-state index in [2.05, 4.69) is 4.72 Å². The van der Waals surface area contributed by atoms with Crippen LogP contribution in [0.1, 0.15) is 6.42 Å². The number of morpholine rings is 1. The van der Waals surface area contributed by atoms with Crippen LogP contribution in [-0.4, -0.2) is 62.7 Å². The van der Waals surface area contributed by atoms with Gasteiger partial charge in [0.05, 0.1) is 24.5 Å². The number of nitrogens with one attached hydrogen (secondary N) is 2. The Morgan fingerprint density at radius 1 is 1.03 bits per heavy atom. The lowest BCUT2D eigenvalue weighted by molar-refractivity contribution is -0.140. The highest BCUT2D eigenvalue weighted by Crippen LogP contribution is 2.22. The first-order chi connectivity index (χ1) is 14.9. The van der Waals surface area contributed by atoms with Crippen LogP contribution in [0.3, 0.4) is 0 Å². The molecule has 3 N–H and O–H groups in total. The number of amides is 2. The summed E-state index contributed by atoms with van der Waals surface area (Å²) in [7, 11) is -4.15. The van der Waals surface area contributed by atoms with E-state index < -0.39 is 34.3 Å². The van der Waals surface area contributed by atoms with Crippen LogP contribution in [-0.2, 0) is 24.3 Å². The van der Waals surface area contributed by atoms with Crippen molar-refractivity contribution < 1.29 is 32.7 Å². The molecule has 1 aliphatic rings. The molecule has 1 saturated heterocycles. The van der Waals surface area contributed by atoms with Gasteiger partial charge in [-0.3, -0.25) is 14.8 Å². The van der Waals surface area contributed by atoms with Crippen LogP contribution >= 0.6 is 0 Å². The highest BCUT2D eigenvalue weighted by atomic mass is 32.2. The van der Waals surface area contributed by atoms with Crippen molar-refractivity contribution in [2.75, 3.05) is 26.3 Å². The van der Waals surface area contributed by atoms with Crippen molar-refractivity contribution in [3.05, 3.63) is 54.6 Å². The summed E-state index contributed by atoms with van der Waals surface area (Å²) in [5.41, 5.74) is 1.40. The molecule has 2 amide bonds. The predicted octanol–water partition coefficient (Wildman–Crippen LogP) is 0.880. The summed E-state index contributed by atoms with van der Waals surface area (Å²) >= 11 is 0. The first-order valence-corrected chi connectivity index (χ1v) is 11.0. The molecule has 2 aromatic carbocycles. The van der Waals surface area contributed by atoms with Crippen molar-refractivity contribution in [1.82, 2.24) is 15.1 Å². The Morgan fingerprint density at radius 3 is 2.26 bits per heavy atom. The Morgan fingerprint density at radius 2 is 1.65 bits per heavy atom. The van der Waals surface area contributed by atoms with Gasteiger partial charge < -0.3 is 14.4 Å². The van der Waals surface area contributed by atoms with Crippen molar-refractivity contribution >= 4 is 21.8 Å². The molecule has 2 aromatic rings. The number of carbonyl (C=O) groups is 2. The molecule has 11 heteroatoms. The molecule has 0 aliphatic carbocycles. The summed E-state index contributed by atoms with van der Waals surface area (Å²) in [6.45, 7) is 1.43. The number of sulfonamides is 1. The van der Waals surface area contributed by atoms with Gasteiger partial charge in [0, 0.05) is 13.1 Å². The van der Waals surface area contributed by atoms with Gasteiger partial charge in [-0.25, -0.2) is 13.9 Å². The highest BCUT2D eigenvalue weighted by molar-refractivity contribution is 7.89. The highest BCUT2D eigenvalue weighted by Gasteiger charge is 2.30. The fourth-order valence-corrected chi connectivity index (χ4v) is 4.14. The summed E-state index contributed by atoms with van der Waals surface area (Å²) in [6.07, 6.45) is -0.444. The van der Waals surface area contributed by atoms with Crippen LogP contribution in [0.4, 0.5) is 0 Å². The molecule has 0 aromatic heterocycles. The maximum Gasteiger partial charge on any atom is 0.262 e. The van der Waals surface area contributed by atoms with Crippen LogP contribution < -0.4 is 14.9 Å². The average Bonchev–Trinajstić information content (AvgIpc) is 2.79. The number of para-hydroxylation sites is 1. The molecule has 31 heavy (non-hydrogen) atoms. The zero-order valence-corrected chi connectivity index (χ0v) is 17.4. The maximum atomic E-state index is 12.7. The van der Waals surface area contributed by atoms with Gasteiger partial charge in [-0.2, -0.15) is 4.72 Å². The number of hydroxylamine groups is 1. The summed E-state index contributed by atoms with van der Waals surface area (Å²) in [6, 6.07) is 13.1. The molecule has 1 heterocycles. The minimum absolute atomic E-state index is 0.123. The van der Waals surface area contributed by atoms with E-state index in [1.165, 1.54) is 34.6 Å². The number of carbonyl (C=O) groups excluding carboxylic acids is 2. The lowest BCUT2D eigenvalue weighted by atomic mass is 10.2. The van der Waals surface area contributed by atoms with Gasteiger partial charge in [-0.15, -0.1) is 0 Å². The third-order valence-electron chi connectivity index (χ3n) is 4.58. The van der Waals surface area contributed by atoms with Gasteiger partial charge in [-0.05, 0) is 36.4 Å². The monoisotopic (exact) mass is 449 g/mol. The SMILES string of the molecule is O=C(NO)C(CC(=O)N1CCOCC1)NS(=O)(=O)c1ccc(Oc2ccccc2)cc1. The summed E-state index contributed by atoms with van der Waals surface area (Å²) < 4.78 is 38.4. The molecule has 0 radical (unpaired) electrons. The van der Waals surface area contributed by atoms with E-state index in [9.17, 15) is 18.0 Å². The van der Waals surface area contributed by atoms with Gasteiger partial charge in [0.15, 0.2) is 0 Å². The molecule has 0 spiro atoms. The number of benzene rings is 2. The average molecular weight is 449 g/mol. The molecule has 1 unspecified atom stereocenters. The van der Waals surface area contributed by atoms with Crippen LogP contribution in [0, 0.1) is 0 Å². The quantitative estimate of drug-likeness (QED) is 0.402. The third-order valence-corrected chi connectivity index (χ3v) is 6.07. The summed E-state index contributed by atoms with van der Waals surface area (Å²) in [4.78, 5) is 25.8. The molecule has 1 atom stereocenters. The number of hydrogen-bond donors (Lipinski definition) is 3. The first kappa shape index (κ1) is 22.7. The largest absolute Gasteiger partial charge is 0.457 e. The number of nitrogens with zero attached hydrogens (tertiary/aromatic N) is 1. The molecule has 0 bridgehead atoms. The van der Waals surface area contributed by atoms with Crippen molar-refractivity contribution in [2.24, 2.45) is 0 Å². The molecule has 3 rings (SSSR count). The van der Waals surface area contributed by atoms with Crippen LogP contribution in [0.2, 0.25) is 0 Å². The minimum atomic E-state index is -4.15. The zero-order chi connectivity index (χ0) is 22.3. The predicted molar refractivity (Wildman–Crippen MR) is 109 cm³/mol. The lowest BCUT2D eigenvalue weighted by Crippen LogP contribution is -2.50. The zero-order valence-electron chi connectivity index (χ0n) is 16.6. The van der Waals surface area contributed by atoms with Crippen molar-refractivity contribution in [3.8, 4) is 11.5 Å². The normalized spacial score (nSPS) is 15.2. The number of hydrogen-bond acceptors (Lipinski definition) is 7. The van der Waals surface area contributed by atoms with Gasteiger partial charge in [0.25, 0.3) is 5.91 Å². The van der Waals surface area contributed by atoms with Gasteiger partial charge in [0.2, 0.25) is 15.9 Å². The fourth-order valence-electron chi connectivity index (χ4n) is 2.95. The Kier molecular flexibility index (Phi) is 7.58. The van der Waals surface area contributed by atoms with E-state index in [-0.39, 0.29) is 4.90 Å². The maximum absolute atomic E-state index is 12.7. The van der Waals surface area contributed by atoms with Crippen molar-refractivity contribution in [3.63, 3.8) is 0 Å². The molecular formula is C20H23N3O7S. The van der Waals surface area contributed by atoms with Crippen LogP contribution in [0.25, 0.3) is 0 Å². The van der Waals surface area contributed by atoms with E-state index in [1.807, 2.05) is 18.2 Å². The number of ether oxygens (including phenoxy) is 2. The van der Waals surface area contributed by atoms with E-state index in [0.29, 0.717) is 37.8 Å². The lowest BCUT2D eigenvalue weighted by Gasteiger charge is -2.28. The second-order valence-corrected chi connectivity index (χ2v) is 8.45. The molecule has 1 aliphatic heterocycles. The topological polar surface area (TPSA) is 134 Å². The summed E-state index contributed by atoms with van der Waals surface area (Å²) in [5.74, 6) is -0.435. The first-order valence-electron chi connectivity index (χ1n) is 9.54. The van der Waals surface area contributed by atoms with Crippen molar-refractivity contribution in [2.45, 2.75) is 17.4 Å². The second-order valence-electron chi connectivity index (χ2n) is 6.73. The Bertz CT molecular complexity index is 991. The third kappa shape index (κ3) is 6.25. The minimum Gasteiger partial charge on any atom is -0.457 e. The van der Waals surface area contributed by atoms with E-state index in [4.69, 9.17) is 14.7 Å². The smallest absolute Gasteiger partial charge is 0.262 e. The second kappa shape index (κ2) is 10.4. The van der Waals surface area contributed by atoms with Gasteiger partial charge in [0.1, 0.15) is 17.5 Å². The van der Waals surface area contributed by atoms with Crippen LogP contribution in [0.15, 0.2) is 59.5 Å². The molecule has 0 saturated carbocycles. The standard InChI is InChI=1S/C20H23N3O7S/c24-19(23-10-12-29-13-11-23)14-18(20(25)21-26)22-31(27,28)17-8-6-16(7-9-17)30-15-4-2-1-3-5-15/h1-9,18,22,26H,10-14H2,(H,21,25). The summed E-state index contributed by atoms with van der Waals surface area (Å²) in [5, 5.41) is 8.98.